The fourth-order valence-corrected chi connectivity index (χ4v) is 2.45. The second kappa shape index (κ2) is 5.33. The molecule has 1 amide bonds. The van der Waals surface area contributed by atoms with Crippen LogP contribution in [0.4, 0.5) is 4.79 Å². The normalized spacial score (nSPS) is 33.4. The molecule has 0 aromatic heterocycles. The molecule has 7 nitrogen and oxygen atoms in total. The van der Waals surface area contributed by atoms with E-state index in [-0.39, 0.29) is 5.41 Å². The SMILES string of the molecule is CC12COC([C@@H](NC(=O)OC(C)(C)C)C(C)(C)O)(OC1)OC2. The molecule has 0 spiro atoms. The van der Waals surface area contributed by atoms with Gasteiger partial charge in [0.15, 0.2) is 0 Å². The summed E-state index contributed by atoms with van der Waals surface area (Å²) in [4.78, 5) is 12.1. The van der Waals surface area contributed by atoms with Gasteiger partial charge in [-0.15, -0.1) is 0 Å². The maximum absolute atomic E-state index is 12.1. The number of carbonyl (C=O) groups is 1. The van der Waals surface area contributed by atoms with Crippen molar-refractivity contribution in [3.05, 3.63) is 0 Å². The molecule has 0 aromatic rings. The van der Waals surface area contributed by atoms with Crippen molar-refractivity contribution in [1.82, 2.24) is 5.32 Å². The number of amides is 1. The van der Waals surface area contributed by atoms with Crippen LogP contribution in [0.3, 0.4) is 0 Å². The number of aliphatic hydroxyl groups is 1. The molecule has 3 fully saturated rings. The summed E-state index contributed by atoms with van der Waals surface area (Å²) in [6, 6.07) is -0.931. The van der Waals surface area contributed by atoms with Crippen molar-refractivity contribution in [2.75, 3.05) is 19.8 Å². The first kappa shape index (κ1) is 17.5. The number of alkyl carbamates (subject to hydrolysis) is 1. The summed E-state index contributed by atoms with van der Waals surface area (Å²) in [5, 5.41) is 13.1. The molecule has 7 heteroatoms. The first-order valence-corrected chi connectivity index (χ1v) is 7.49. The molecular weight excluding hydrogens is 290 g/mol. The lowest BCUT2D eigenvalue weighted by Crippen LogP contribution is -2.72. The molecule has 128 valence electrons. The summed E-state index contributed by atoms with van der Waals surface area (Å²) in [6.07, 6.45) is -0.663. The number of ether oxygens (including phenoxy) is 4. The van der Waals surface area contributed by atoms with Gasteiger partial charge in [0.1, 0.15) is 11.6 Å². The van der Waals surface area contributed by atoms with Gasteiger partial charge in [0, 0.05) is 5.41 Å². The van der Waals surface area contributed by atoms with E-state index in [9.17, 15) is 9.90 Å². The second-order valence-electron chi connectivity index (χ2n) is 8.01. The van der Waals surface area contributed by atoms with Gasteiger partial charge in [-0.25, -0.2) is 4.79 Å². The third-order valence-corrected chi connectivity index (χ3v) is 3.59. The highest BCUT2D eigenvalue weighted by atomic mass is 16.9. The molecule has 0 radical (unpaired) electrons. The Bertz CT molecular complexity index is 412. The molecule has 22 heavy (non-hydrogen) atoms. The number of fused-ring (bicyclic) bond motifs is 3. The van der Waals surface area contributed by atoms with E-state index >= 15 is 0 Å². The summed E-state index contributed by atoms with van der Waals surface area (Å²) >= 11 is 0. The second-order valence-corrected chi connectivity index (χ2v) is 8.01. The standard InChI is InChI=1S/C15H27NO6/c1-12(2,3)22-11(17)16-10(13(4,5)18)15-19-7-14(6,8-20-15)9-21-15/h10,18H,7-9H2,1-6H3,(H,16,17)/t10-,14?,15?/m0/s1. The van der Waals surface area contributed by atoms with Gasteiger partial charge in [-0.1, -0.05) is 6.92 Å². The minimum atomic E-state index is -1.49. The van der Waals surface area contributed by atoms with E-state index in [0.717, 1.165) is 0 Å². The summed E-state index contributed by atoms with van der Waals surface area (Å²) in [5.74, 6) is -1.49. The molecule has 2 bridgehead atoms. The fourth-order valence-electron chi connectivity index (χ4n) is 2.45. The van der Waals surface area contributed by atoms with Gasteiger partial charge in [-0.05, 0) is 34.6 Å². The Kier molecular flexibility index (Phi) is 4.23. The molecule has 3 rings (SSSR count). The highest BCUT2D eigenvalue weighted by Gasteiger charge is 2.59. The van der Waals surface area contributed by atoms with Crippen LogP contribution in [-0.4, -0.2) is 54.2 Å². The number of carbonyl (C=O) groups excluding carboxylic acids is 1. The Balaban J connectivity index is 2.16. The van der Waals surface area contributed by atoms with Crippen molar-refractivity contribution < 1.29 is 28.8 Å². The zero-order valence-electron chi connectivity index (χ0n) is 14.2. The van der Waals surface area contributed by atoms with Crippen LogP contribution in [0, 0.1) is 5.41 Å². The predicted octanol–water partition coefficient (Wildman–Crippen LogP) is 1.39. The molecule has 1 atom stereocenters. The van der Waals surface area contributed by atoms with Crippen LogP contribution in [0.15, 0.2) is 0 Å². The summed E-state index contributed by atoms with van der Waals surface area (Å²) < 4.78 is 22.4. The van der Waals surface area contributed by atoms with Gasteiger partial charge < -0.3 is 29.4 Å². The van der Waals surface area contributed by atoms with E-state index < -0.39 is 29.3 Å². The van der Waals surface area contributed by atoms with E-state index in [1.807, 2.05) is 6.92 Å². The Labute approximate surface area is 131 Å². The number of hydrogen-bond donors (Lipinski definition) is 2. The zero-order chi connectivity index (χ0) is 16.8. The minimum Gasteiger partial charge on any atom is -0.444 e. The van der Waals surface area contributed by atoms with Crippen molar-refractivity contribution in [2.24, 2.45) is 5.41 Å². The van der Waals surface area contributed by atoms with Crippen molar-refractivity contribution in [2.45, 2.75) is 64.8 Å². The Morgan fingerprint density at radius 2 is 1.59 bits per heavy atom. The van der Waals surface area contributed by atoms with Crippen molar-refractivity contribution in [1.29, 1.82) is 0 Å². The van der Waals surface area contributed by atoms with Crippen molar-refractivity contribution in [3.63, 3.8) is 0 Å². The monoisotopic (exact) mass is 317 g/mol. The van der Waals surface area contributed by atoms with E-state index in [4.69, 9.17) is 18.9 Å². The number of rotatable bonds is 3. The molecular formula is C15H27NO6. The average Bonchev–Trinajstić information content (AvgIpc) is 2.34. The van der Waals surface area contributed by atoms with Crippen molar-refractivity contribution >= 4 is 6.09 Å². The van der Waals surface area contributed by atoms with Crippen LogP contribution < -0.4 is 5.32 Å². The zero-order valence-corrected chi connectivity index (χ0v) is 14.2. The molecule has 0 saturated carbocycles. The van der Waals surface area contributed by atoms with Gasteiger partial charge in [0.05, 0.1) is 25.4 Å². The minimum absolute atomic E-state index is 0.197. The lowest BCUT2D eigenvalue weighted by Gasteiger charge is -2.54. The quantitative estimate of drug-likeness (QED) is 0.818. The first-order chi connectivity index (χ1) is 9.85. The van der Waals surface area contributed by atoms with Crippen LogP contribution >= 0.6 is 0 Å². The largest absolute Gasteiger partial charge is 0.444 e. The molecule has 2 N–H and O–H groups in total. The van der Waals surface area contributed by atoms with Crippen molar-refractivity contribution in [3.8, 4) is 0 Å². The van der Waals surface area contributed by atoms with E-state index in [1.54, 1.807) is 34.6 Å². The third-order valence-electron chi connectivity index (χ3n) is 3.59. The lowest BCUT2D eigenvalue weighted by atomic mass is 9.88. The molecule has 3 aliphatic heterocycles. The Hall–Kier alpha value is -0.890. The Morgan fingerprint density at radius 3 is 1.95 bits per heavy atom. The van der Waals surface area contributed by atoms with Crippen LogP contribution in [0.2, 0.25) is 0 Å². The third kappa shape index (κ3) is 3.71. The predicted molar refractivity (Wildman–Crippen MR) is 78.1 cm³/mol. The fraction of sp³-hybridized carbons (Fsp3) is 0.933. The van der Waals surface area contributed by atoms with Gasteiger partial charge >= 0.3 is 12.1 Å². The maximum Gasteiger partial charge on any atom is 0.408 e. The highest BCUT2D eigenvalue weighted by molar-refractivity contribution is 5.68. The number of nitrogens with one attached hydrogen (secondary N) is 1. The summed E-state index contributed by atoms with van der Waals surface area (Å²) in [5.41, 5.74) is -2.17. The van der Waals surface area contributed by atoms with Crippen LogP contribution in [0.25, 0.3) is 0 Å². The average molecular weight is 317 g/mol. The van der Waals surface area contributed by atoms with E-state index in [1.165, 1.54) is 0 Å². The molecule has 3 saturated heterocycles. The van der Waals surface area contributed by atoms with E-state index in [0.29, 0.717) is 19.8 Å². The number of hydrogen-bond acceptors (Lipinski definition) is 6. The highest BCUT2D eigenvalue weighted by Crippen LogP contribution is 2.42. The summed E-state index contributed by atoms with van der Waals surface area (Å²) in [7, 11) is 0. The molecule has 0 aromatic carbocycles. The van der Waals surface area contributed by atoms with Crippen LogP contribution in [-0.2, 0) is 18.9 Å². The Morgan fingerprint density at radius 1 is 1.14 bits per heavy atom. The summed E-state index contributed by atoms with van der Waals surface area (Å²) in [6.45, 7) is 11.7. The molecule has 3 aliphatic rings. The van der Waals surface area contributed by atoms with Gasteiger partial charge in [0.2, 0.25) is 0 Å². The smallest absolute Gasteiger partial charge is 0.408 e. The van der Waals surface area contributed by atoms with Crippen LogP contribution in [0.5, 0.6) is 0 Å². The van der Waals surface area contributed by atoms with Crippen LogP contribution in [0.1, 0.15) is 41.5 Å². The van der Waals surface area contributed by atoms with Gasteiger partial charge in [-0.3, -0.25) is 0 Å². The topological polar surface area (TPSA) is 86.3 Å². The van der Waals surface area contributed by atoms with Gasteiger partial charge in [0.25, 0.3) is 0 Å². The first-order valence-electron chi connectivity index (χ1n) is 7.49. The maximum atomic E-state index is 12.1. The molecule has 3 heterocycles. The molecule has 0 aliphatic carbocycles. The van der Waals surface area contributed by atoms with Gasteiger partial charge in [-0.2, -0.15) is 0 Å². The lowest BCUT2D eigenvalue weighted by molar-refractivity contribution is -0.481. The molecule has 0 unspecified atom stereocenters. The van der Waals surface area contributed by atoms with E-state index in [2.05, 4.69) is 5.32 Å².